The van der Waals surface area contributed by atoms with Gasteiger partial charge >= 0.3 is 0 Å². The number of hydrogen-bond donors (Lipinski definition) is 1. The molecule has 1 atom stereocenters. The molecule has 2 rings (SSSR count). The third kappa shape index (κ3) is 4.53. The largest absolute Gasteiger partial charge is 0.492 e. The topological polar surface area (TPSA) is 55.6 Å². The maximum absolute atomic E-state index is 12.0. The van der Waals surface area contributed by atoms with Gasteiger partial charge in [-0.05, 0) is 43.4 Å². The maximum Gasteiger partial charge on any atom is 0.223 e. The second-order valence-electron chi connectivity index (χ2n) is 5.69. The molecule has 0 radical (unpaired) electrons. The highest BCUT2D eigenvalue weighted by atomic mass is 16.5. The quantitative estimate of drug-likeness (QED) is 0.828. The zero-order valence-corrected chi connectivity index (χ0v) is 12.3. The zero-order chi connectivity index (χ0) is 14.5. The fourth-order valence-corrected chi connectivity index (χ4v) is 2.18. The summed E-state index contributed by atoms with van der Waals surface area (Å²) in [6.45, 7) is 3.12. The van der Waals surface area contributed by atoms with Crippen LogP contribution in [0.3, 0.4) is 0 Å². The van der Waals surface area contributed by atoms with Crippen LogP contribution in [0.15, 0.2) is 24.3 Å². The van der Waals surface area contributed by atoms with Crippen molar-refractivity contribution in [3.63, 3.8) is 0 Å². The summed E-state index contributed by atoms with van der Waals surface area (Å²) >= 11 is 0. The highest BCUT2D eigenvalue weighted by molar-refractivity contribution is 5.76. The number of nitrogens with zero attached hydrogens (tertiary/aromatic N) is 1. The molecule has 1 aromatic carbocycles. The first-order valence-electron chi connectivity index (χ1n) is 7.25. The van der Waals surface area contributed by atoms with Gasteiger partial charge in [0.15, 0.2) is 0 Å². The third-order valence-electron chi connectivity index (χ3n) is 3.75. The van der Waals surface area contributed by atoms with Gasteiger partial charge in [-0.3, -0.25) is 4.79 Å². The van der Waals surface area contributed by atoms with Crippen LogP contribution in [-0.2, 0) is 4.79 Å². The van der Waals surface area contributed by atoms with Crippen LogP contribution < -0.4 is 10.5 Å². The lowest BCUT2D eigenvalue weighted by Crippen LogP contribution is -2.36. The van der Waals surface area contributed by atoms with E-state index < -0.39 is 0 Å². The average molecular weight is 276 g/mol. The van der Waals surface area contributed by atoms with E-state index >= 15 is 0 Å². The minimum absolute atomic E-state index is 0.0302. The Morgan fingerprint density at radius 3 is 2.90 bits per heavy atom. The molecule has 0 saturated heterocycles. The number of carbonyl (C=O) groups excluding carboxylic acids is 1. The lowest BCUT2D eigenvalue weighted by molar-refractivity contribution is -0.130. The lowest BCUT2D eigenvalue weighted by atomic mass is 10.1. The van der Waals surface area contributed by atoms with Gasteiger partial charge in [-0.15, -0.1) is 0 Å². The molecular formula is C16H24N2O2. The highest BCUT2D eigenvalue weighted by Gasteiger charge is 2.30. The first-order chi connectivity index (χ1) is 9.56. The molecule has 110 valence electrons. The lowest BCUT2D eigenvalue weighted by Gasteiger charge is -2.19. The summed E-state index contributed by atoms with van der Waals surface area (Å²) in [7, 11) is 1.81. The van der Waals surface area contributed by atoms with Crippen molar-refractivity contribution in [3.05, 3.63) is 29.8 Å². The van der Waals surface area contributed by atoms with E-state index in [0.29, 0.717) is 25.5 Å². The van der Waals surface area contributed by atoms with E-state index in [-0.39, 0.29) is 11.9 Å². The normalized spacial score (nSPS) is 15.8. The van der Waals surface area contributed by atoms with Crippen molar-refractivity contribution >= 4 is 5.91 Å². The average Bonchev–Trinajstić information content (AvgIpc) is 3.22. The Morgan fingerprint density at radius 1 is 1.50 bits per heavy atom. The van der Waals surface area contributed by atoms with Crippen LogP contribution in [0.25, 0.3) is 0 Å². The highest BCUT2D eigenvalue weighted by Crippen LogP contribution is 2.32. The van der Waals surface area contributed by atoms with Gasteiger partial charge in [0.05, 0.1) is 6.54 Å². The van der Waals surface area contributed by atoms with Crippen molar-refractivity contribution in [1.29, 1.82) is 0 Å². The Bertz CT molecular complexity index is 458. The molecule has 1 aliphatic rings. The third-order valence-corrected chi connectivity index (χ3v) is 3.75. The summed E-state index contributed by atoms with van der Waals surface area (Å²) in [4.78, 5) is 13.7. The predicted molar refractivity (Wildman–Crippen MR) is 79.6 cm³/mol. The van der Waals surface area contributed by atoms with Crippen molar-refractivity contribution < 1.29 is 9.53 Å². The summed E-state index contributed by atoms with van der Waals surface area (Å²) in [6, 6.07) is 7.95. The van der Waals surface area contributed by atoms with E-state index in [2.05, 4.69) is 0 Å². The van der Waals surface area contributed by atoms with Crippen molar-refractivity contribution in [2.45, 2.75) is 32.2 Å². The summed E-state index contributed by atoms with van der Waals surface area (Å²) in [5, 5.41) is 0. The van der Waals surface area contributed by atoms with Crippen LogP contribution in [0, 0.1) is 12.8 Å². The van der Waals surface area contributed by atoms with E-state index in [1.807, 2.05) is 38.2 Å². The first-order valence-corrected chi connectivity index (χ1v) is 7.25. The van der Waals surface area contributed by atoms with Gasteiger partial charge in [-0.25, -0.2) is 0 Å². The van der Waals surface area contributed by atoms with Crippen LogP contribution in [0.1, 0.15) is 24.8 Å². The molecule has 1 saturated carbocycles. The number of amides is 1. The fourth-order valence-electron chi connectivity index (χ4n) is 2.18. The van der Waals surface area contributed by atoms with Crippen LogP contribution >= 0.6 is 0 Å². The van der Waals surface area contributed by atoms with Gasteiger partial charge in [0, 0.05) is 19.5 Å². The molecule has 0 bridgehead atoms. The van der Waals surface area contributed by atoms with Gasteiger partial charge in [0.25, 0.3) is 0 Å². The van der Waals surface area contributed by atoms with E-state index in [1.165, 1.54) is 18.4 Å². The number of hydrogen-bond acceptors (Lipinski definition) is 3. The Balaban J connectivity index is 1.68. The molecule has 1 unspecified atom stereocenters. The number of ether oxygens (including phenoxy) is 1. The smallest absolute Gasteiger partial charge is 0.223 e. The second kappa shape index (κ2) is 6.75. The summed E-state index contributed by atoms with van der Waals surface area (Å²) in [5.41, 5.74) is 7.14. The van der Waals surface area contributed by atoms with Gasteiger partial charge in [0.1, 0.15) is 12.4 Å². The minimum Gasteiger partial charge on any atom is -0.492 e. The Morgan fingerprint density at radius 2 is 2.25 bits per heavy atom. The molecule has 4 nitrogen and oxygen atoms in total. The number of likely N-dealkylation sites (N-methyl/N-ethyl adjacent to an activating group) is 1. The van der Waals surface area contributed by atoms with Crippen LogP contribution in [-0.4, -0.2) is 37.0 Å². The van der Waals surface area contributed by atoms with Gasteiger partial charge in [0.2, 0.25) is 5.91 Å². The van der Waals surface area contributed by atoms with Crippen molar-refractivity contribution in [1.82, 2.24) is 4.90 Å². The Labute approximate surface area is 120 Å². The molecular weight excluding hydrogens is 252 g/mol. The van der Waals surface area contributed by atoms with Crippen LogP contribution in [0.2, 0.25) is 0 Å². The first kappa shape index (κ1) is 14.9. The standard InChI is InChI=1S/C16H24N2O2/c1-12-4-3-5-14(10-12)20-9-8-18(2)16(19)11-15(17)13-6-7-13/h3-5,10,13,15H,6-9,11,17H2,1-2H3. The van der Waals surface area contributed by atoms with Crippen molar-refractivity contribution in [2.24, 2.45) is 11.7 Å². The summed E-state index contributed by atoms with van der Waals surface area (Å²) < 4.78 is 5.65. The fraction of sp³-hybridized carbons (Fsp3) is 0.562. The van der Waals surface area contributed by atoms with E-state index in [9.17, 15) is 4.79 Å². The van der Waals surface area contributed by atoms with E-state index in [4.69, 9.17) is 10.5 Å². The summed E-state index contributed by atoms with van der Waals surface area (Å²) in [6.07, 6.45) is 2.80. The minimum atomic E-state index is 0.0302. The molecule has 0 spiro atoms. The molecule has 0 aromatic heterocycles. The Kier molecular flexibility index (Phi) is 5.01. The molecule has 1 aromatic rings. The van der Waals surface area contributed by atoms with E-state index in [0.717, 1.165) is 5.75 Å². The molecule has 4 heteroatoms. The zero-order valence-electron chi connectivity index (χ0n) is 12.3. The van der Waals surface area contributed by atoms with Crippen molar-refractivity contribution in [3.8, 4) is 5.75 Å². The van der Waals surface area contributed by atoms with Gasteiger partial charge in [-0.1, -0.05) is 12.1 Å². The molecule has 1 fully saturated rings. The molecule has 1 amide bonds. The van der Waals surface area contributed by atoms with Crippen molar-refractivity contribution in [2.75, 3.05) is 20.2 Å². The number of nitrogens with two attached hydrogens (primary N) is 1. The molecule has 0 aliphatic heterocycles. The predicted octanol–water partition coefficient (Wildman–Crippen LogP) is 1.96. The monoisotopic (exact) mass is 276 g/mol. The number of benzene rings is 1. The number of rotatable bonds is 7. The molecule has 1 aliphatic carbocycles. The second-order valence-corrected chi connectivity index (χ2v) is 5.69. The number of carbonyl (C=O) groups is 1. The van der Waals surface area contributed by atoms with E-state index in [1.54, 1.807) is 4.90 Å². The Hall–Kier alpha value is -1.55. The van der Waals surface area contributed by atoms with Gasteiger partial charge < -0.3 is 15.4 Å². The number of aryl methyl sites for hydroxylation is 1. The maximum atomic E-state index is 12.0. The van der Waals surface area contributed by atoms with Crippen LogP contribution in [0.5, 0.6) is 5.75 Å². The molecule has 0 heterocycles. The molecule has 2 N–H and O–H groups in total. The SMILES string of the molecule is Cc1cccc(OCCN(C)C(=O)CC(N)C2CC2)c1. The van der Waals surface area contributed by atoms with Gasteiger partial charge in [-0.2, -0.15) is 0 Å². The molecule has 20 heavy (non-hydrogen) atoms. The van der Waals surface area contributed by atoms with Crippen LogP contribution in [0.4, 0.5) is 0 Å². The summed E-state index contributed by atoms with van der Waals surface area (Å²) in [5.74, 6) is 1.52.